The highest BCUT2D eigenvalue weighted by molar-refractivity contribution is 7.89. The van der Waals surface area contributed by atoms with Crippen LogP contribution in [0, 0.1) is 5.82 Å². The Bertz CT molecular complexity index is 592. The van der Waals surface area contributed by atoms with Crippen LogP contribution in [0.15, 0.2) is 23.1 Å². The van der Waals surface area contributed by atoms with Crippen LogP contribution in [0.4, 0.5) is 22.0 Å². The van der Waals surface area contributed by atoms with Crippen molar-refractivity contribution in [2.24, 2.45) is 0 Å². The van der Waals surface area contributed by atoms with Gasteiger partial charge in [-0.05, 0) is 24.7 Å². The summed E-state index contributed by atoms with van der Waals surface area (Å²) in [5.41, 5.74) is 0.389. The zero-order chi connectivity index (χ0) is 16.3. The second kappa shape index (κ2) is 6.67. The second-order valence-corrected chi connectivity index (χ2v) is 5.92. The zero-order valence-electron chi connectivity index (χ0n) is 10.8. The number of hydrogen-bond acceptors (Lipinski definition) is 3. The molecule has 0 radical (unpaired) electrons. The molecule has 4 nitrogen and oxygen atoms in total. The van der Waals surface area contributed by atoms with Gasteiger partial charge in [-0.1, -0.05) is 6.07 Å². The normalized spacial score (nSPS) is 12.9. The molecule has 0 unspecified atom stereocenters. The molecule has 0 saturated heterocycles. The van der Waals surface area contributed by atoms with Crippen LogP contribution in [-0.2, 0) is 16.6 Å². The Morgan fingerprint density at radius 1 is 1.29 bits per heavy atom. The number of rotatable bonds is 7. The van der Waals surface area contributed by atoms with Gasteiger partial charge in [0, 0.05) is 6.54 Å². The maximum Gasteiger partial charge on any atom is 0.320 e. The van der Waals surface area contributed by atoms with Crippen molar-refractivity contribution in [3.63, 3.8) is 0 Å². The lowest BCUT2D eigenvalue weighted by atomic mass is 10.2. The van der Waals surface area contributed by atoms with Crippen molar-refractivity contribution in [2.75, 3.05) is 13.6 Å². The van der Waals surface area contributed by atoms with Crippen LogP contribution in [0.2, 0.25) is 0 Å². The highest BCUT2D eigenvalue weighted by atomic mass is 32.2. The maximum absolute atomic E-state index is 13.5. The van der Waals surface area contributed by atoms with E-state index in [1.54, 1.807) is 7.05 Å². The molecule has 1 rings (SSSR count). The molecule has 1 aromatic rings. The van der Waals surface area contributed by atoms with E-state index in [2.05, 4.69) is 5.32 Å². The molecule has 2 N–H and O–H groups in total. The van der Waals surface area contributed by atoms with Crippen LogP contribution >= 0.6 is 0 Å². The fourth-order valence-corrected chi connectivity index (χ4v) is 2.58. The SMILES string of the molecule is CNCc1ccc(F)c(S(=O)(=O)NCC(F)(F)C(F)F)c1. The number of sulfonamides is 1. The van der Waals surface area contributed by atoms with E-state index in [0.717, 1.165) is 12.1 Å². The van der Waals surface area contributed by atoms with Crippen LogP contribution in [0.5, 0.6) is 0 Å². The van der Waals surface area contributed by atoms with Gasteiger partial charge >= 0.3 is 12.3 Å². The van der Waals surface area contributed by atoms with Gasteiger partial charge in [0.1, 0.15) is 10.7 Å². The number of nitrogens with one attached hydrogen (secondary N) is 2. The smallest absolute Gasteiger partial charge is 0.316 e. The zero-order valence-corrected chi connectivity index (χ0v) is 11.7. The topological polar surface area (TPSA) is 58.2 Å². The Morgan fingerprint density at radius 3 is 2.43 bits per heavy atom. The monoisotopic (exact) mass is 332 g/mol. The van der Waals surface area contributed by atoms with E-state index in [4.69, 9.17) is 0 Å². The van der Waals surface area contributed by atoms with Crippen molar-refractivity contribution in [1.82, 2.24) is 10.0 Å². The number of halogens is 5. The third kappa shape index (κ3) is 4.61. The van der Waals surface area contributed by atoms with Gasteiger partial charge in [-0.25, -0.2) is 26.3 Å². The molecule has 21 heavy (non-hydrogen) atoms. The lowest BCUT2D eigenvalue weighted by Gasteiger charge is -2.16. The maximum atomic E-state index is 13.5. The van der Waals surface area contributed by atoms with Gasteiger partial charge in [0.05, 0.1) is 6.54 Å². The van der Waals surface area contributed by atoms with E-state index in [1.165, 1.54) is 10.8 Å². The molecule has 10 heteroatoms. The largest absolute Gasteiger partial charge is 0.320 e. The fourth-order valence-electron chi connectivity index (χ4n) is 1.41. The first-order valence-electron chi connectivity index (χ1n) is 5.69. The second-order valence-electron chi connectivity index (χ2n) is 4.18. The molecular formula is C11H13F5N2O2S. The molecule has 0 aromatic heterocycles. The highest BCUT2D eigenvalue weighted by Gasteiger charge is 2.41. The van der Waals surface area contributed by atoms with E-state index < -0.39 is 39.6 Å². The van der Waals surface area contributed by atoms with Gasteiger partial charge in [-0.3, -0.25) is 0 Å². The minimum absolute atomic E-state index is 0.218. The average Bonchev–Trinajstić information content (AvgIpc) is 2.39. The number of benzene rings is 1. The Labute approximate surface area is 118 Å². The average molecular weight is 332 g/mol. The standard InChI is InChI=1S/C11H13F5N2O2S/c1-17-5-7-2-3-8(12)9(4-7)21(19,20)18-6-11(15,16)10(13)14/h2-4,10,17-18H,5-6H2,1H3. The predicted octanol–water partition coefficient (Wildman–Crippen LogP) is 1.72. The van der Waals surface area contributed by atoms with Gasteiger partial charge in [-0.15, -0.1) is 0 Å². The van der Waals surface area contributed by atoms with E-state index >= 15 is 0 Å². The molecule has 0 aliphatic rings. The van der Waals surface area contributed by atoms with Gasteiger partial charge in [0.2, 0.25) is 10.0 Å². The van der Waals surface area contributed by atoms with Crippen molar-refractivity contribution >= 4 is 10.0 Å². The van der Waals surface area contributed by atoms with E-state index in [1.807, 2.05) is 0 Å². The summed E-state index contributed by atoms with van der Waals surface area (Å²) in [5, 5.41) is 2.70. The first-order chi connectivity index (χ1) is 9.60. The molecule has 120 valence electrons. The Morgan fingerprint density at radius 2 is 1.90 bits per heavy atom. The molecule has 0 amide bonds. The third-order valence-corrected chi connectivity index (χ3v) is 3.90. The predicted molar refractivity (Wildman–Crippen MR) is 65.3 cm³/mol. The Hall–Kier alpha value is -1.26. The molecule has 0 aliphatic carbocycles. The molecule has 0 bridgehead atoms. The van der Waals surface area contributed by atoms with Crippen LogP contribution in [0.3, 0.4) is 0 Å². The quantitative estimate of drug-likeness (QED) is 0.748. The lowest BCUT2D eigenvalue weighted by molar-refractivity contribution is -0.122. The summed E-state index contributed by atoms with van der Waals surface area (Å²) in [5.74, 6) is -5.70. The molecule has 0 saturated carbocycles. The van der Waals surface area contributed by atoms with Crippen molar-refractivity contribution in [2.45, 2.75) is 23.8 Å². The summed E-state index contributed by atoms with van der Waals surface area (Å²) in [7, 11) is -3.10. The summed E-state index contributed by atoms with van der Waals surface area (Å²) >= 11 is 0. The third-order valence-electron chi connectivity index (χ3n) is 2.48. The number of hydrogen-bond donors (Lipinski definition) is 2. The summed E-state index contributed by atoms with van der Waals surface area (Å²) in [6.45, 7) is -1.60. The minimum Gasteiger partial charge on any atom is -0.316 e. The van der Waals surface area contributed by atoms with Crippen molar-refractivity contribution in [3.05, 3.63) is 29.6 Å². The fraction of sp³-hybridized carbons (Fsp3) is 0.455. The molecule has 1 aromatic carbocycles. The van der Waals surface area contributed by atoms with Crippen molar-refractivity contribution in [1.29, 1.82) is 0 Å². The van der Waals surface area contributed by atoms with Crippen LogP contribution < -0.4 is 10.0 Å². The Kier molecular flexibility index (Phi) is 5.65. The molecule has 0 heterocycles. The minimum atomic E-state index is -4.66. The van der Waals surface area contributed by atoms with Crippen LogP contribution in [-0.4, -0.2) is 34.4 Å². The van der Waals surface area contributed by atoms with E-state index in [0.29, 0.717) is 5.56 Å². The van der Waals surface area contributed by atoms with Gasteiger partial charge in [0.15, 0.2) is 0 Å². The van der Waals surface area contributed by atoms with Gasteiger partial charge in [0.25, 0.3) is 0 Å². The first kappa shape index (κ1) is 17.8. The molecule has 0 atom stereocenters. The molecule has 0 spiro atoms. The first-order valence-corrected chi connectivity index (χ1v) is 7.17. The molecule has 0 fully saturated rings. The molecule has 0 aliphatic heterocycles. The summed E-state index contributed by atoms with van der Waals surface area (Å²) in [6.07, 6.45) is -4.03. The van der Waals surface area contributed by atoms with Gasteiger partial charge < -0.3 is 5.32 Å². The summed E-state index contributed by atoms with van der Waals surface area (Å²) in [4.78, 5) is -0.875. The van der Waals surface area contributed by atoms with Crippen LogP contribution in [0.25, 0.3) is 0 Å². The van der Waals surface area contributed by atoms with E-state index in [9.17, 15) is 30.4 Å². The molecular weight excluding hydrogens is 319 g/mol. The lowest BCUT2D eigenvalue weighted by Crippen LogP contribution is -2.41. The highest BCUT2D eigenvalue weighted by Crippen LogP contribution is 2.23. The van der Waals surface area contributed by atoms with Crippen molar-refractivity contribution < 1.29 is 30.4 Å². The summed E-state index contributed by atoms with van der Waals surface area (Å²) < 4.78 is 87.6. The summed E-state index contributed by atoms with van der Waals surface area (Å²) in [6, 6.07) is 3.10. The van der Waals surface area contributed by atoms with E-state index in [-0.39, 0.29) is 6.54 Å². The van der Waals surface area contributed by atoms with Crippen LogP contribution in [0.1, 0.15) is 5.56 Å². The Balaban J connectivity index is 3.00. The van der Waals surface area contributed by atoms with Crippen molar-refractivity contribution in [3.8, 4) is 0 Å². The van der Waals surface area contributed by atoms with Gasteiger partial charge in [-0.2, -0.15) is 8.78 Å². The number of alkyl halides is 4.